The first-order valence-corrected chi connectivity index (χ1v) is 6.29. The van der Waals surface area contributed by atoms with Crippen molar-refractivity contribution in [1.82, 2.24) is 0 Å². The molecule has 2 heteroatoms. The fraction of sp³-hybridized carbons (Fsp3) is 0.176. The van der Waals surface area contributed by atoms with Gasteiger partial charge in [-0.15, -0.1) is 0 Å². The molecule has 98 valence electrons. The van der Waals surface area contributed by atoms with Gasteiger partial charge >= 0.3 is 0 Å². The molecule has 2 aromatic carbocycles. The summed E-state index contributed by atoms with van der Waals surface area (Å²) >= 11 is 0. The van der Waals surface area contributed by atoms with E-state index >= 15 is 0 Å². The molecule has 1 atom stereocenters. The zero-order valence-electron chi connectivity index (χ0n) is 10.9. The summed E-state index contributed by atoms with van der Waals surface area (Å²) in [6, 6.07) is 14.7. The summed E-state index contributed by atoms with van der Waals surface area (Å²) in [5, 5.41) is 9.38. The molecule has 1 unspecified atom stereocenters. The van der Waals surface area contributed by atoms with Crippen LogP contribution in [0.25, 0.3) is 16.7 Å². The summed E-state index contributed by atoms with van der Waals surface area (Å²) in [4.78, 5) is 0. The van der Waals surface area contributed by atoms with E-state index in [4.69, 9.17) is 0 Å². The van der Waals surface area contributed by atoms with Crippen molar-refractivity contribution in [3.8, 4) is 11.1 Å². The SMILES string of the molecule is C=C(CC(C)O)c1cccc(-c2ccccc2)c1F. The third kappa shape index (κ3) is 3.09. The van der Waals surface area contributed by atoms with Gasteiger partial charge in [0, 0.05) is 11.1 Å². The lowest BCUT2D eigenvalue weighted by molar-refractivity contribution is 0.201. The van der Waals surface area contributed by atoms with Gasteiger partial charge in [-0.3, -0.25) is 0 Å². The molecule has 0 saturated carbocycles. The van der Waals surface area contributed by atoms with Crippen molar-refractivity contribution < 1.29 is 9.50 Å². The van der Waals surface area contributed by atoms with Crippen LogP contribution < -0.4 is 0 Å². The second-order valence-corrected chi connectivity index (χ2v) is 4.69. The van der Waals surface area contributed by atoms with Gasteiger partial charge < -0.3 is 5.11 Å². The summed E-state index contributed by atoms with van der Waals surface area (Å²) < 4.78 is 14.5. The molecule has 2 aromatic rings. The van der Waals surface area contributed by atoms with Gasteiger partial charge in [0.1, 0.15) is 5.82 Å². The first-order valence-electron chi connectivity index (χ1n) is 6.29. The maximum atomic E-state index is 14.5. The molecule has 0 bridgehead atoms. The molecular weight excluding hydrogens is 239 g/mol. The van der Waals surface area contributed by atoms with E-state index in [1.807, 2.05) is 36.4 Å². The molecule has 0 fully saturated rings. The average molecular weight is 256 g/mol. The Morgan fingerprint density at radius 1 is 1.16 bits per heavy atom. The highest BCUT2D eigenvalue weighted by Crippen LogP contribution is 2.29. The van der Waals surface area contributed by atoms with E-state index in [2.05, 4.69) is 6.58 Å². The Kier molecular flexibility index (Phi) is 4.13. The third-order valence-electron chi connectivity index (χ3n) is 3.01. The molecule has 0 aromatic heterocycles. The van der Waals surface area contributed by atoms with E-state index in [1.165, 1.54) is 0 Å². The Hall–Kier alpha value is -1.93. The van der Waals surface area contributed by atoms with Crippen LogP contribution in [0.5, 0.6) is 0 Å². The smallest absolute Gasteiger partial charge is 0.138 e. The molecule has 0 spiro atoms. The van der Waals surface area contributed by atoms with Crippen molar-refractivity contribution in [2.75, 3.05) is 0 Å². The predicted molar refractivity (Wildman–Crippen MR) is 77.2 cm³/mol. The van der Waals surface area contributed by atoms with Gasteiger partial charge in [0.25, 0.3) is 0 Å². The number of halogens is 1. The van der Waals surface area contributed by atoms with Crippen LogP contribution in [0, 0.1) is 5.82 Å². The highest BCUT2D eigenvalue weighted by atomic mass is 19.1. The molecule has 2 rings (SSSR count). The van der Waals surface area contributed by atoms with Crippen molar-refractivity contribution in [2.45, 2.75) is 19.4 Å². The Balaban J connectivity index is 2.42. The highest BCUT2D eigenvalue weighted by molar-refractivity contribution is 5.72. The molecular formula is C17H17FO. The summed E-state index contributed by atoms with van der Waals surface area (Å²) in [6.07, 6.45) is -0.151. The normalized spacial score (nSPS) is 12.2. The Morgan fingerprint density at radius 2 is 1.84 bits per heavy atom. The van der Waals surface area contributed by atoms with Crippen LogP contribution in [-0.4, -0.2) is 11.2 Å². The maximum absolute atomic E-state index is 14.5. The fourth-order valence-electron chi connectivity index (χ4n) is 2.11. The largest absolute Gasteiger partial charge is 0.393 e. The number of hydrogen-bond acceptors (Lipinski definition) is 1. The number of hydrogen-bond donors (Lipinski definition) is 1. The standard InChI is InChI=1S/C17H17FO/c1-12(11-13(2)19)15-9-6-10-16(17(15)18)14-7-4-3-5-8-14/h3-10,13,19H,1,11H2,2H3. The van der Waals surface area contributed by atoms with Crippen LogP contribution in [0.15, 0.2) is 55.1 Å². The summed E-state index contributed by atoms with van der Waals surface area (Å²) in [5.74, 6) is -0.278. The Morgan fingerprint density at radius 3 is 2.47 bits per heavy atom. The molecule has 1 nitrogen and oxygen atoms in total. The second-order valence-electron chi connectivity index (χ2n) is 4.69. The summed E-state index contributed by atoms with van der Waals surface area (Å²) in [7, 11) is 0. The summed E-state index contributed by atoms with van der Waals surface area (Å²) in [6.45, 7) is 5.53. The molecule has 0 aliphatic heterocycles. The minimum atomic E-state index is -0.521. The molecule has 0 radical (unpaired) electrons. The molecule has 0 aliphatic rings. The molecule has 0 heterocycles. The maximum Gasteiger partial charge on any atom is 0.138 e. The molecule has 0 amide bonds. The van der Waals surface area contributed by atoms with Gasteiger partial charge in [-0.25, -0.2) is 4.39 Å². The zero-order chi connectivity index (χ0) is 13.8. The van der Waals surface area contributed by atoms with Crippen molar-refractivity contribution in [3.05, 3.63) is 66.5 Å². The predicted octanol–water partition coefficient (Wildman–Crippen LogP) is 4.28. The van der Waals surface area contributed by atoms with E-state index in [-0.39, 0.29) is 5.82 Å². The van der Waals surface area contributed by atoms with Gasteiger partial charge in [0.15, 0.2) is 0 Å². The van der Waals surface area contributed by atoms with E-state index in [9.17, 15) is 9.50 Å². The quantitative estimate of drug-likeness (QED) is 0.865. The van der Waals surface area contributed by atoms with E-state index in [0.717, 1.165) is 5.56 Å². The van der Waals surface area contributed by atoms with Gasteiger partial charge in [0.05, 0.1) is 6.10 Å². The van der Waals surface area contributed by atoms with Gasteiger partial charge in [-0.2, -0.15) is 0 Å². The monoisotopic (exact) mass is 256 g/mol. The van der Waals surface area contributed by atoms with Crippen LogP contribution in [0.2, 0.25) is 0 Å². The number of rotatable bonds is 4. The van der Waals surface area contributed by atoms with Crippen LogP contribution in [0.1, 0.15) is 18.9 Å². The fourth-order valence-corrected chi connectivity index (χ4v) is 2.11. The average Bonchev–Trinajstić information content (AvgIpc) is 2.39. The lowest BCUT2D eigenvalue weighted by atomic mass is 9.96. The van der Waals surface area contributed by atoms with Gasteiger partial charge in [-0.1, -0.05) is 55.1 Å². The summed E-state index contributed by atoms with van der Waals surface area (Å²) in [5.41, 5.74) is 2.49. The first-order chi connectivity index (χ1) is 9.09. The minimum absolute atomic E-state index is 0.278. The van der Waals surface area contributed by atoms with Crippen LogP contribution >= 0.6 is 0 Å². The lowest BCUT2D eigenvalue weighted by Gasteiger charge is -2.12. The second kappa shape index (κ2) is 5.81. The van der Waals surface area contributed by atoms with Crippen LogP contribution in [0.4, 0.5) is 4.39 Å². The van der Waals surface area contributed by atoms with E-state index in [0.29, 0.717) is 23.1 Å². The van der Waals surface area contributed by atoms with E-state index in [1.54, 1.807) is 19.1 Å². The minimum Gasteiger partial charge on any atom is -0.393 e. The lowest BCUT2D eigenvalue weighted by Crippen LogP contribution is -2.02. The number of aliphatic hydroxyl groups is 1. The Labute approximate surface area is 113 Å². The number of benzene rings is 2. The topological polar surface area (TPSA) is 20.2 Å². The molecule has 0 saturated heterocycles. The van der Waals surface area contributed by atoms with Gasteiger partial charge in [-0.05, 0) is 24.5 Å². The van der Waals surface area contributed by atoms with Crippen molar-refractivity contribution in [2.24, 2.45) is 0 Å². The van der Waals surface area contributed by atoms with Gasteiger partial charge in [0.2, 0.25) is 0 Å². The Bertz CT molecular complexity index is 573. The zero-order valence-corrected chi connectivity index (χ0v) is 10.9. The number of aliphatic hydroxyl groups excluding tert-OH is 1. The van der Waals surface area contributed by atoms with Crippen molar-refractivity contribution in [1.29, 1.82) is 0 Å². The highest BCUT2D eigenvalue weighted by Gasteiger charge is 2.13. The van der Waals surface area contributed by atoms with E-state index < -0.39 is 6.10 Å². The van der Waals surface area contributed by atoms with Crippen molar-refractivity contribution >= 4 is 5.57 Å². The third-order valence-corrected chi connectivity index (χ3v) is 3.01. The molecule has 1 N–H and O–H groups in total. The van der Waals surface area contributed by atoms with Crippen LogP contribution in [-0.2, 0) is 0 Å². The molecule has 0 aliphatic carbocycles. The molecule has 19 heavy (non-hydrogen) atoms. The first kappa shape index (κ1) is 13.5. The van der Waals surface area contributed by atoms with Crippen LogP contribution in [0.3, 0.4) is 0 Å². The van der Waals surface area contributed by atoms with Crippen molar-refractivity contribution in [3.63, 3.8) is 0 Å².